The van der Waals surface area contributed by atoms with Gasteiger partial charge in [-0.3, -0.25) is 0 Å². The first-order chi connectivity index (χ1) is 11.4. The Morgan fingerprint density at radius 3 is 2.71 bits per heavy atom. The number of hydrogen-bond donors (Lipinski definition) is 1. The van der Waals surface area contributed by atoms with Gasteiger partial charge in [0.25, 0.3) is 0 Å². The van der Waals surface area contributed by atoms with Crippen LogP contribution in [0.1, 0.15) is 23.4 Å². The largest absolute Gasteiger partial charge is 0.492 e. The molecule has 1 saturated heterocycles. The van der Waals surface area contributed by atoms with Gasteiger partial charge < -0.3 is 10.1 Å². The maximum atomic E-state index is 5.87. The number of para-hydroxylation sites is 1. The zero-order valence-electron chi connectivity index (χ0n) is 13.4. The lowest BCUT2D eigenvalue weighted by Crippen LogP contribution is -2.28. The molecule has 4 rings (SSSR count). The first-order valence-corrected chi connectivity index (χ1v) is 8.98. The Morgan fingerprint density at radius 1 is 1.12 bits per heavy atom. The molecule has 0 aliphatic carbocycles. The van der Waals surface area contributed by atoms with Gasteiger partial charge in [-0.15, -0.1) is 23.7 Å². The number of aromatic nitrogens is 1. The summed E-state index contributed by atoms with van der Waals surface area (Å²) in [5, 5.41) is 4.61. The van der Waals surface area contributed by atoms with E-state index in [1.54, 1.807) is 11.3 Å². The lowest BCUT2D eigenvalue weighted by Gasteiger charge is -2.12. The van der Waals surface area contributed by atoms with Crippen molar-refractivity contribution < 1.29 is 4.74 Å². The highest BCUT2D eigenvalue weighted by atomic mass is 35.5. The van der Waals surface area contributed by atoms with E-state index in [1.165, 1.54) is 23.1 Å². The van der Waals surface area contributed by atoms with E-state index in [-0.39, 0.29) is 12.4 Å². The van der Waals surface area contributed by atoms with Crippen molar-refractivity contribution in [2.45, 2.75) is 25.3 Å². The topological polar surface area (TPSA) is 34.1 Å². The Labute approximate surface area is 152 Å². The second-order valence-corrected chi connectivity index (χ2v) is 7.12. The van der Waals surface area contributed by atoms with E-state index in [4.69, 9.17) is 9.72 Å². The van der Waals surface area contributed by atoms with Gasteiger partial charge in [0.2, 0.25) is 0 Å². The van der Waals surface area contributed by atoms with Crippen LogP contribution in [-0.2, 0) is 6.42 Å². The lowest BCUT2D eigenvalue weighted by molar-refractivity contribution is 0.277. The standard InChI is InChI=1S/C19H20N2OS.ClH/c1-2-6-18-17(5-1)21-19(23-18)12-14-7-9-16(10-8-14)22-13-15-4-3-11-20-15;/h1-2,5-10,15,20H,3-4,11-13H2;1H/t15-;/m1./s1. The molecule has 24 heavy (non-hydrogen) atoms. The van der Waals surface area contributed by atoms with Crippen LogP contribution in [0.25, 0.3) is 10.2 Å². The third kappa shape index (κ3) is 4.07. The Balaban J connectivity index is 0.00000169. The molecular weight excluding hydrogens is 340 g/mol. The number of nitrogens with one attached hydrogen (secondary N) is 1. The molecule has 1 aromatic heterocycles. The molecule has 1 aliphatic rings. The van der Waals surface area contributed by atoms with Gasteiger partial charge in [0.15, 0.2) is 0 Å². The second kappa shape index (κ2) is 7.97. The molecule has 0 radical (unpaired) electrons. The lowest BCUT2D eigenvalue weighted by atomic mass is 10.1. The molecule has 2 heterocycles. The molecule has 0 amide bonds. The Kier molecular flexibility index (Phi) is 5.72. The minimum absolute atomic E-state index is 0. The zero-order chi connectivity index (χ0) is 15.5. The Hall–Kier alpha value is -1.62. The molecular formula is C19H21ClN2OS. The van der Waals surface area contributed by atoms with Gasteiger partial charge in [-0.2, -0.15) is 0 Å². The zero-order valence-corrected chi connectivity index (χ0v) is 15.0. The third-order valence-electron chi connectivity index (χ3n) is 4.23. The molecule has 3 aromatic rings. The summed E-state index contributed by atoms with van der Waals surface area (Å²) < 4.78 is 7.12. The molecule has 0 unspecified atom stereocenters. The number of nitrogens with zero attached hydrogens (tertiary/aromatic N) is 1. The fraction of sp³-hybridized carbons (Fsp3) is 0.316. The van der Waals surface area contributed by atoms with E-state index in [1.807, 2.05) is 6.07 Å². The summed E-state index contributed by atoms with van der Waals surface area (Å²) in [6.45, 7) is 1.88. The monoisotopic (exact) mass is 360 g/mol. The summed E-state index contributed by atoms with van der Waals surface area (Å²) in [7, 11) is 0. The van der Waals surface area contributed by atoms with Gasteiger partial charge >= 0.3 is 0 Å². The number of thiazole rings is 1. The van der Waals surface area contributed by atoms with Crippen LogP contribution in [0.15, 0.2) is 48.5 Å². The van der Waals surface area contributed by atoms with Gasteiger partial charge in [-0.25, -0.2) is 4.98 Å². The van der Waals surface area contributed by atoms with Gasteiger partial charge in [-0.05, 0) is 49.2 Å². The molecule has 0 spiro atoms. The number of rotatable bonds is 5. The van der Waals surface area contributed by atoms with E-state index >= 15 is 0 Å². The van der Waals surface area contributed by atoms with Crippen molar-refractivity contribution in [1.29, 1.82) is 0 Å². The third-order valence-corrected chi connectivity index (χ3v) is 5.27. The Morgan fingerprint density at radius 2 is 1.96 bits per heavy atom. The summed E-state index contributed by atoms with van der Waals surface area (Å²) in [5.74, 6) is 0.951. The second-order valence-electron chi connectivity index (χ2n) is 6.00. The van der Waals surface area contributed by atoms with Crippen LogP contribution in [0.5, 0.6) is 5.75 Å². The van der Waals surface area contributed by atoms with E-state index in [0.29, 0.717) is 6.04 Å². The van der Waals surface area contributed by atoms with Crippen LogP contribution >= 0.6 is 23.7 Å². The number of benzene rings is 2. The van der Waals surface area contributed by atoms with E-state index < -0.39 is 0 Å². The summed E-state index contributed by atoms with van der Waals surface area (Å²) in [6.07, 6.45) is 3.36. The maximum Gasteiger partial charge on any atom is 0.119 e. The quantitative estimate of drug-likeness (QED) is 0.730. The average Bonchev–Trinajstić information content (AvgIpc) is 3.23. The Bertz CT molecular complexity index is 748. The molecule has 126 valence electrons. The van der Waals surface area contributed by atoms with Crippen molar-refractivity contribution >= 4 is 34.0 Å². The summed E-state index contributed by atoms with van der Waals surface area (Å²) in [6, 6.07) is 17.2. The van der Waals surface area contributed by atoms with E-state index in [9.17, 15) is 0 Å². The normalized spacial score (nSPS) is 16.9. The van der Waals surface area contributed by atoms with Crippen LogP contribution in [0.3, 0.4) is 0 Å². The van der Waals surface area contributed by atoms with Gasteiger partial charge in [0, 0.05) is 12.5 Å². The summed E-state index contributed by atoms with van der Waals surface area (Å²) in [4.78, 5) is 4.70. The SMILES string of the molecule is Cl.c1ccc2sc(Cc3ccc(OC[C@H]4CCCN4)cc3)nc2c1. The molecule has 1 fully saturated rings. The van der Waals surface area contributed by atoms with Gasteiger partial charge in [-0.1, -0.05) is 24.3 Å². The predicted octanol–water partition coefficient (Wildman–Crippen LogP) is 4.44. The fourth-order valence-corrected chi connectivity index (χ4v) is 3.97. The number of hydrogen-bond acceptors (Lipinski definition) is 4. The van der Waals surface area contributed by atoms with Crippen LogP contribution in [0.2, 0.25) is 0 Å². The van der Waals surface area contributed by atoms with Gasteiger partial charge in [0.1, 0.15) is 12.4 Å². The smallest absolute Gasteiger partial charge is 0.119 e. The van der Waals surface area contributed by atoms with Crippen molar-refractivity contribution in [1.82, 2.24) is 10.3 Å². The highest BCUT2D eigenvalue weighted by molar-refractivity contribution is 7.18. The van der Waals surface area contributed by atoms with E-state index in [0.717, 1.165) is 35.8 Å². The van der Waals surface area contributed by atoms with Crippen LogP contribution in [-0.4, -0.2) is 24.2 Å². The fourth-order valence-electron chi connectivity index (χ4n) is 2.97. The highest BCUT2D eigenvalue weighted by Crippen LogP contribution is 2.24. The number of ether oxygens (including phenoxy) is 1. The van der Waals surface area contributed by atoms with E-state index in [2.05, 4.69) is 47.8 Å². The van der Waals surface area contributed by atoms with Crippen molar-refractivity contribution in [2.75, 3.05) is 13.2 Å². The highest BCUT2D eigenvalue weighted by Gasteiger charge is 2.14. The first kappa shape index (κ1) is 17.2. The van der Waals surface area contributed by atoms with Crippen molar-refractivity contribution in [2.24, 2.45) is 0 Å². The minimum Gasteiger partial charge on any atom is -0.492 e. The van der Waals surface area contributed by atoms with Crippen molar-refractivity contribution in [3.8, 4) is 5.75 Å². The average molecular weight is 361 g/mol. The predicted molar refractivity (Wildman–Crippen MR) is 103 cm³/mol. The molecule has 5 heteroatoms. The molecule has 3 nitrogen and oxygen atoms in total. The van der Waals surface area contributed by atoms with Crippen LogP contribution < -0.4 is 10.1 Å². The molecule has 2 aromatic carbocycles. The molecule has 1 N–H and O–H groups in total. The molecule has 0 saturated carbocycles. The van der Waals surface area contributed by atoms with Crippen molar-refractivity contribution in [3.63, 3.8) is 0 Å². The first-order valence-electron chi connectivity index (χ1n) is 8.16. The van der Waals surface area contributed by atoms with Crippen molar-refractivity contribution in [3.05, 3.63) is 59.1 Å². The van der Waals surface area contributed by atoms with Crippen LogP contribution in [0, 0.1) is 0 Å². The summed E-state index contributed by atoms with van der Waals surface area (Å²) in [5.41, 5.74) is 2.37. The maximum absolute atomic E-state index is 5.87. The molecule has 1 atom stereocenters. The number of halogens is 1. The summed E-state index contributed by atoms with van der Waals surface area (Å²) >= 11 is 1.77. The number of fused-ring (bicyclic) bond motifs is 1. The molecule has 1 aliphatic heterocycles. The van der Waals surface area contributed by atoms with Gasteiger partial charge in [0.05, 0.1) is 15.2 Å². The van der Waals surface area contributed by atoms with Crippen LogP contribution in [0.4, 0.5) is 0 Å². The minimum atomic E-state index is 0. The molecule has 0 bridgehead atoms.